The van der Waals surface area contributed by atoms with E-state index in [1.807, 2.05) is 0 Å². The van der Waals surface area contributed by atoms with Crippen LogP contribution in [0.1, 0.15) is 25.8 Å². The summed E-state index contributed by atoms with van der Waals surface area (Å²) >= 11 is 0. The van der Waals surface area contributed by atoms with Gasteiger partial charge in [-0.3, -0.25) is 0 Å². The molecule has 1 aromatic carbocycles. The number of likely N-dealkylation sites (N-methyl/N-ethyl adjacent to an activating group) is 1. The van der Waals surface area contributed by atoms with Gasteiger partial charge in [-0.25, -0.2) is 0 Å². The Morgan fingerprint density at radius 1 is 1.44 bits per heavy atom. The van der Waals surface area contributed by atoms with Gasteiger partial charge in [-0.15, -0.1) is 0 Å². The molecule has 3 nitrogen and oxygen atoms in total. The fourth-order valence-electron chi connectivity index (χ4n) is 3.09. The first-order valence-corrected chi connectivity index (χ1v) is 6.80. The minimum Gasteiger partial charge on any atom is -0.376 e. The number of hydrogen-bond acceptors (Lipinski definition) is 3. The molecular formula is C15H24N2O. The summed E-state index contributed by atoms with van der Waals surface area (Å²) in [4.78, 5) is 2.43. The molecule has 0 radical (unpaired) electrons. The van der Waals surface area contributed by atoms with Crippen LogP contribution in [0, 0.1) is 6.92 Å². The Kier molecular flexibility index (Phi) is 3.93. The van der Waals surface area contributed by atoms with Crippen LogP contribution in [-0.4, -0.2) is 31.3 Å². The van der Waals surface area contributed by atoms with Crippen LogP contribution in [0.15, 0.2) is 24.3 Å². The zero-order valence-electron chi connectivity index (χ0n) is 11.6. The second-order valence-electron chi connectivity index (χ2n) is 5.10. The molecule has 0 aromatic heterocycles. The minimum absolute atomic E-state index is 0.0547. The molecule has 2 unspecified atom stereocenters. The third kappa shape index (κ3) is 2.02. The van der Waals surface area contributed by atoms with Crippen molar-refractivity contribution in [2.75, 3.05) is 24.6 Å². The summed E-state index contributed by atoms with van der Waals surface area (Å²) in [6, 6.07) is 8.51. The Bertz CT molecular complexity index is 407. The molecule has 18 heavy (non-hydrogen) atoms. The average molecular weight is 248 g/mol. The number of para-hydroxylation sites is 1. The summed E-state index contributed by atoms with van der Waals surface area (Å²) in [7, 11) is 0. The topological polar surface area (TPSA) is 38.5 Å². The molecular weight excluding hydrogens is 224 g/mol. The molecule has 2 rings (SSSR count). The number of benzene rings is 1. The van der Waals surface area contributed by atoms with E-state index >= 15 is 0 Å². The standard InChI is InChI=1S/C15H24N2O/c1-4-17(14-8-6-5-7-12(14)2)15(11-16)9-10-18-13(15)3/h5-8,13H,4,9-11,16H2,1-3H3. The molecule has 1 aliphatic rings. The van der Waals surface area contributed by atoms with Gasteiger partial charge in [-0.2, -0.15) is 0 Å². The number of nitrogens with zero attached hydrogens (tertiary/aromatic N) is 1. The van der Waals surface area contributed by atoms with Crippen molar-refractivity contribution in [1.82, 2.24) is 0 Å². The maximum absolute atomic E-state index is 6.10. The summed E-state index contributed by atoms with van der Waals surface area (Å²) < 4.78 is 5.78. The average Bonchev–Trinajstić information content (AvgIpc) is 2.75. The van der Waals surface area contributed by atoms with Crippen LogP contribution in [0.2, 0.25) is 0 Å². The summed E-state index contributed by atoms with van der Waals surface area (Å²) in [6.07, 6.45) is 1.19. The maximum Gasteiger partial charge on any atom is 0.0803 e. The van der Waals surface area contributed by atoms with Crippen molar-refractivity contribution in [3.05, 3.63) is 29.8 Å². The van der Waals surface area contributed by atoms with Crippen LogP contribution in [0.4, 0.5) is 5.69 Å². The fourth-order valence-corrected chi connectivity index (χ4v) is 3.09. The van der Waals surface area contributed by atoms with Crippen molar-refractivity contribution in [2.45, 2.75) is 38.8 Å². The molecule has 0 bridgehead atoms. The Balaban J connectivity index is 2.41. The lowest BCUT2D eigenvalue weighted by Crippen LogP contribution is -2.58. The van der Waals surface area contributed by atoms with E-state index in [0.717, 1.165) is 19.6 Å². The van der Waals surface area contributed by atoms with Crippen LogP contribution in [0.25, 0.3) is 0 Å². The summed E-state index contributed by atoms with van der Waals surface area (Å²) in [5.74, 6) is 0. The van der Waals surface area contributed by atoms with E-state index in [4.69, 9.17) is 10.5 Å². The number of nitrogens with two attached hydrogens (primary N) is 1. The SMILES string of the molecule is CCN(c1ccccc1C)C1(CN)CCOC1C. The molecule has 0 amide bonds. The Morgan fingerprint density at radius 2 is 2.17 bits per heavy atom. The Hall–Kier alpha value is -1.06. The number of ether oxygens (including phenoxy) is 1. The Labute approximate surface area is 110 Å². The molecule has 1 aliphatic heterocycles. The monoisotopic (exact) mass is 248 g/mol. The van der Waals surface area contributed by atoms with Crippen molar-refractivity contribution in [2.24, 2.45) is 5.73 Å². The normalized spacial score (nSPS) is 27.4. The number of aryl methyl sites for hydroxylation is 1. The molecule has 0 spiro atoms. The zero-order chi connectivity index (χ0) is 13.2. The summed E-state index contributed by atoms with van der Waals surface area (Å²) in [5, 5.41) is 0. The van der Waals surface area contributed by atoms with Crippen molar-refractivity contribution in [1.29, 1.82) is 0 Å². The van der Waals surface area contributed by atoms with Gasteiger partial charge in [0.1, 0.15) is 0 Å². The van der Waals surface area contributed by atoms with Crippen LogP contribution in [0.3, 0.4) is 0 Å². The van der Waals surface area contributed by atoms with Crippen LogP contribution in [0.5, 0.6) is 0 Å². The highest BCUT2D eigenvalue weighted by Crippen LogP contribution is 2.36. The van der Waals surface area contributed by atoms with Crippen LogP contribution in [-0.2, 0) is 4.74 Å². The van der Waals surface area contributed by atoms with Gasteiger partial charge >= 0.3 is 0 Å². The number of rotatable bonds is 4. The lowest BCUT2D eigenvalue weighted by molar-refractivity contribution is 0.0949. The van der Waals surface area contributed by atoms with E-state index in [1.165, 1.54) is 11.3 Å². The van der Waals surface area contributed by atoms with Crippen molar-refractivity contribution >= 4 is 5.69 Å². The lowest BCUT2D eigenvalue weighted by Gasteiger charge is -2.44. The highest BCUT2D eigenvalue weighted by molar-refractivity contribution is 5.56. The molecule has 1 heterocycles. The van der Waals surface area contributed by atoms with E-state index in [2.05, 4.69) is 49.9 Å². The largest absolute Gasteiger partial charge is 0.376 e. The van der Waals surface area contributed by atoms with Crippen molar-refractivity contribution in [3.8, 4) is 0 Å². The van der Waals surface area contributed by atoms with E-state index < -0.39 is 0 Å². The molecule has 2 N–H and O–H groups in total. The predicted octanol–water partition coefficient (Wildman–Crippen LogP) is 2.33. The van der Waals surface area contributed by atoms with Gasteiger partial charge in [-0.1, -0.05) is 18.2 Å². The Morgan fingerprint density at radius 3 is 2.67 bits per heavy atom. The molecule has 0 saturated carbocycles. The van der Waals surface area contributed by atoms with Gasteiger partial charge in [0.05, 0.1) is 11.6 Å². The third-order valence-corrected chi connectivity index (χ3v) is 4.27. The first-order valence-electron chi connectivity index (χ1n) is 6.80. The van der Waals surface area contributed by atoms with Gasteiger partial charge in [0.25, 0.3) is 0 Å². The van der Waals surface area contributed by atoms with Crippen molar-refractivity contribution < 1.29 is 4.74 Å². The minimum atomic E-state index is -0.0547. The second kappa shape index (κ2) is 5.29. The molecule has 1 fully saturated rings. The second-order valence-corrected chi connectivity index (χ2v) is 5.10. The van der Waals surface area contributed by atoms with E-state index in [1.54, 1.807) is 0 Å². The molecule has 100 valence electrons. The van der Waals surface area contributed by atoms with Gasteiger partial charge in [0.15, 0.2) is 0 Å². The first kappa shape index (κ1) is 13.4. The van der Waals surface area contributed by atoms with Gasteiger partial charge in [0, 0.05) is 25.4 Å². The summed E-state index contributed by atoms with van der Waals surface area (Å²) in [5.41, 5.74) is 8.62. The van der Waals surface area contributed by atoms with E-state index in [-0.39, 0.29) is 11.6 Å². The molecule has 1 saturated heterocycles. The maximum atomic E-state index is 6.10. The molecule has 2 atom stereocenters. The van der Waals surface area contributed by atoms with E-state index in [9.17, 15) is 0 Å². The highest BCUT2D eigenvalue weighted by atomic mass is 16.5. The lowest BCUT2D eigenvalue weighted by atomic mass is 9.88. The van der Waals surface area contributed by atoms with Gasteiger partial charge in [0.2, 0.25) is 0 Å². The van der Waals surface area contributed by atoms with Crippen molar-refractivity contribution in [3.63, 3.8) is 0 Å². The predicted molar refractivity (Wildman–Crippen MR) is 76.0 cm³/mol. The van der Waals surface area contributed by atoms with Crippen LogP contribution < -0.4 is 10.6 Å². The fraction of sp³-hybridized carbons (Fsp3) is 0.600. The molecule has 0 aliphatic carbocycles. The third-order valence-electron chi connectivity index (χ3n) is 4.27. The van der Waals surface area contributed by atoms with Gasteiger partial charge < -0.3 is 15.4 Å². The van der Waals surface area contributed by atoms with Crippen LogP contribution >= 0.6 is 0 Å². The summed E-state index contributed by atoms with van der Waals surface area (Å²) in [6.45, 7) is 8.88. The quantitative estimate of drug-likeness (QED) is 0.888. The molecule has 1 aromatic rings. The number of hydrogen-bond donors (Lipinski definition) is 1. The molecule has 3 heteroatoms. The van der Waals surface area contributed by atoms with E-state index in [0.29, 0.717) is 6.54 Å². The highest BCUT2D eigenvalue weighted by Gasteiger charge is 2.45. The first-order chi connectivity index (χ1) is 8.65. The number of anilines is 1. The van der Waals surface area contributed by atoms with Gasteiger partial charge in [-0.05, 0) is 38.8 Å². The smallest absolute Gasteiger partial charge is 0.0803 e. The zero-order valence-corrected chi connectivity index (χ0v) is 11.6.